The lowest BCUT2D eigenvalue weighted by atomic mass is 10.0. The first-order valence-corrected chi connectivity index (χ1v) is 7.03. The summed E-state index contributed by atoms with van der Waals surface area (Å²) >= 11 is 0. The van der Waals surface area contributed by atoms with Crippen LogP contribution in [0.1, 0.15) is 33.6 Å². The SMILES string of the molecule is O=C(CCC(=O)c1c[nH]c2ccccc12)c1cccc(F)c1. The van der Waals surface area contributed by atoms with Crippen molar-refractivity contribution in [2.45, 2.75) is 12.8 Å². The highest BCUT2D eigenvalue weighted by molar-refractivity contribution is 6.09. The van der Waals surface area contributed by atoms with Crippen LogP contribution in [0, 0.1) is 5.82 Å². The Hall–Kier alpha value is -2.75. The summed E-state index contributed by atoms with van der Waals surface area (Å²) in [5.41, 5.74) is 1.77. The quantitative estimate of drug-likeness (QED) is 0.719. The number of para-hydroxylation sites is 1. The number of benzene rings is 2. The normalized spacial score (nSPS) is 10.8. The van der Waals surface area contributed by atoms with E-state index in [4.69, 9.17) is 0 Å². The molecule has 0 aliphatic carbocycles. The maximum atomic E-state index is 13.1. The number of aromatic nitrogens is 1. The van der Waals surface area contributed by atoms with E-state index in [9.17, 15) is 14.0 Å². The van der Waals surface area contributed by atoms with Gasteiger partial charge in [-0.15, -0.1) is 0 Å². The van der Waals surface area contributed by atoms with Crippen LogP contribution in [0.15, 0.2) is 54.7 Å². The highest BCUT2D eigenvalue weighted by Crippen LogP contribution is 2.20. The molecule has 3 aromatic rings. The van der Waals surface area contributed by atoms with Crippen LogP contribution in [0.25, 0.3) is 10.9 Å². The largest absolute Gasteiger partial charge is 0.360 e. The van der Waals surface area contributed by atoms with Gasteiger partial charge in [-0.25, -0.2) is 4.39 Å². The molecule has 0 bridgehead atoms. The van der Waals surface area contributed by atoms with Gasteiger partial charge in [0.1, 0.15) is 5.82 Å². The molecule has 1 N–H and O–H groups in total. The molecule has 0 unspecified atom stereocenters. The van der Waals surface area contributed by atoms with Crippen molar-refractivity contribution in [1.82, 2.24) is 4.98 Å². The molecule has 1 heterocycles. The van der Waals surface area contributed by atoms with Crippen molar-refractivity contribution in [2.24, 2.45) is 0 Å². The predicted octanol–water partition coefficient (Wildman–Crippen LogP) is 4.15. The van der Waals surface area contributed by atoms with E-state index in [2.05, 4.69) is 4.98 Å². The van der Waals surface area contributed by atoms with Gasteiger partial charge in [-0.3, -0.25) is 9.59 Å². The van der Waals surface area contributed by atoms with E-state index in [1.165, 1.54) is 18.2 Å². The zero-order valence-corrected chi connectivity index (χ0v) is 11.8. The number of H-pyrrole nitrogens is 1. The maximum Gasteiger partial charge on any atom is 0.165 e. The number of ketones is 2. The van der Waals surface area contributed by atoms with Crippen LogP contribution < -0.4 is 0 Å². The van der Waals surface area contributed by atoms with Crippen LogP contribution in [0.5, 0.6) is 0 Å². The van der Waals surface area contributed by atoms with Crippen molar-refractivity contribution in [3.05, 3.63) is 71.7 Å². The molecule has 2 aromatic carbocycles. The Morgan fingerprint density at radius 1 is 0.955 bits per heavy atom. The van der Waals surface area contributed by atoms with Gasteiger partial charge in [0.2, 0.25) is 0 Å². The van der Waals surface area contributed by atoms with E-state index in [1.807, 2.05) is 24.3 Å². The highest BCUT2D eigenvalue weighted by atomic mass is 19.1. The topological polar surface area (TPSA) is 49.9 Å². The van der Waals surface area contributed by atoms with E-state index in [0.29, 0.717) is 11.1 Å². The average Bonchev–Trinajstić information content (AvgIpc) is 2.96. The van der Waals surface area contributed by atoms with Crippen molar-refractivity contribution < 1.29 is 14.0 Å². The molecule has 0 aliphatic heterocycles. The molecule has 3 nitrogen and oxygen atoms in total. The smallest absolute Gasteiger partial charge is 0.165 e. The second kappa shape index (κ2) is 5.93. The van der Waals surface area contributed by atoms with Gasteiger partial charge >= 0.3 is 0 Å². The summed E-state index contributed by atoms with van der Waals surface area (Å²) in [7, 11) is 0. The van der Waals surface area contributed by atoms with E-state index < -0.39 is 5.82 Å². The summed E-state index contributed by atoms with van der Waals surface area (Å²) in [6.07, 6.45) is 1.85. The molecule has 0 radical (unpaired) electrons. The number of carbonyl (C=O) groups is 2. The molecular weight excluding hydrogens is 281 g/mol. The summed E-state index contributed by atoms with van der Waals surface area (Å²) in [5.74, 6) is -0.774. The van der Waals surface area contributed by atoms with Gasteiger partial charge in [-0.1, -0.05) is 30.3 Å². The van der Waals surface area contributed by atoms with Crippen molar-refractivity contribution in [2.75, 3.05) is 0 Å². The van der Waals surface area contributed by atoms with Crippen LogP contribution in [0.3, 0.4) is 0 Å². The second-order valence-corrected chi connectivity index (χ2v) is 5.10. The van der Waals surface area contributed by atoms with E-state index in [0.717, 1.165) is 10.9 Å². The number of aromatic amines is 1. The van der Waals surface area contributed by atoms with Crippen molar-refractivity contribution >= 4 is 22.5 Å². The molecule has 0 saturated carbocycles. The summed E-state index contributed by atoms with van der Waals surface area (Å²) in [4.78, 5) is 27.3. The molecular formula is C18H14FNO2. The average molecular weight is 295 g/mol. The third-order valence-electron chi connectivity index (χ3n) is 3.62. The van der Waals surface area contributed by atoms with E-state index in [1.54, 1.807) is 12.3 Å². The van der Waals surface area contributed by atoms with Crippen LogP contribution in [-0.2, 0) is 0 Å². The Morgan fingerprint density at radius 2 is 1.73 bits per heavy atom. The maximum absolute atomic E-state index is 13.1. The number of carbonyl (C=O) groups excluding carboxylic acids is 2. The van der Waals surface area contributed by atoms with Gasteiger partial charge in [0, 0.05) is 41.1 Å². The molecule has 110 valence electrons. The molecule has 22 heavy (non-hydrogen) atoms. The third kappa shape index (κ3) is 2.81. The molecule has 0 fully saturated rings. The fourth-order valence-electron chi connectivity index (χ4n) is 2.47. The fraction of sp³-hybridized carbons (Fsp3) is 0.111. The van der Waals surface area contributed by atoms with Crippen molar-refractivity contribution in [3.8, 4) is 0 Å². The van der Waals surface area contributed by atoms with Gasteiger partial charge < -0.3 is 4.98 Å². The first kappa shape index (κ1) is 14.2. The zero-order valence-electron chi connectivity index (χ0n) is 11.8. The summed E-state index contributed by atoms with van der Waals surface area (Å²) in [6.45, 7) is 0. The molecule has 0 saturated heterocycles. The van der Waals surface area contributed by atoms with Crippen molar-refractivity contribution in [3.63, 3.8) is 0 Å². The van der Waals surface area contributed by atoms with Gasteiger partial charge in [0.05, 0.1) is 0 Å². The standard InChI is InChI=1S/C18H14FNO2/c19-13-5-3-4-12(10-13)17(21)8-9-18(22)15-11-20-16-7-2-1-6-14(15)16/h1-7,10-11,20H,8-9H2. The van der Waals surface area contributed by atoms with Gasteiger partial charge in [-0.2, -0.15) is 0 Å². The lowest BCUT2D eigenvalue weighted by Crippen LogP contribution is -2.05. The predicted molar refractivity (Wildman–Crippen MR) is 82.6 cm³/mol. The molecule has 0 atom stereocenters. The molecule has 0 amide bonds. The third-order valence-corrected chi connectivity index (χ3v) is 3.62. The number of hydrogen-bond acceptors (Lipinski definition) is 2. The molecule has 0 spiro atoms. The Balaban J connectivity index is 1.71. The first-order chi connectivity index (χ1) is 10.6. The highest BCUT2D eigenvalue weighted by Gasteiger charge is 2.14. The summed E-state index contributed by atoms with van der Waals surface area (Å²) in [6, 6.07) is 13.0. The van der Waals surface area contributed by atoms with Crippen LogP contribution in [0.4, 0.5) is 4.39 Å². The Morgan fingerprint density at radius 3 is 2.55 bits per heavy atom. The molecule has 3 rings (SSSR count). The minimum absolute atomic E-state index is 0.0712. The van der Waals surface area contributed by atoms with Crippen LogP contribution in [-0.4, -0.2) is 16.6 Å². The van der Waals surface area contributed by atoms with E-state index >= 15 is 0 Å². The zero-order chi connectivity index (χ0) is 15.5. The van der Waals surface area contributed by atoms with Gasteiger partial charge in [-0.05, 0) is 18.2 Å². The Labute approximate surface area is 126 Å². The summed E-state index contributed by atoms with van der Waals surface area (Å²) < 4.78 is 13.1. The fourth-order valence-corrected chi connectivity index (χ4v) is 2.47. The van der Waals surface area contributed by atoms with Gasteiger partial charge in [0.25, 0.3) is 0 Å². The number of Topliss-reactive ketones (excluding diaryl/α,β-unsaturated/α-hetero) is 2. The molecule has 0 aliphatic rings. The minimum Gasteiger partial charge on any atom is -0.360 e. The molecule has 4 heteroatoms. The van der Waals surface area contributed by atoms with Crippen LogP contribution in [0.2, 0.25) is 0 Å². The minimum atomic E-state index is -0.450. The summed E-state index contributed by atoms with van der Waals surface area (Å²) in [5, 5.41) is 0.853. The number of hydrogen-bond donors (Lipinski definition) is 1. The molecule has 1 aromatic heterocycles. The van der Waals surface area contributed by atoms with E-state index in [-0.39, 0.29) is 24.4 Å². The lowest BCUT2D eigenvalue weighted by Gasteiger charge is -2.01. The Bertz CT molecular complexity index is 851. The monoisotopic (exact) mass is 295 g/mol. The number of fused-ring (bicyclic) bond motifs is 1. The van der Waals surface area contributed by atoms with Crippen LogP contribution >= 0.6 is 0 Å². The lowest BCUT2D eigenvalue weighted by molar-refractivity contribution is 0.0918. The second-order valence-electron chi connectivity index (χ2n) is 5.10. The number of rotatable bonds is 5. The number of nitrogens with one attached hydrogen (secondary N) is 1. The first-order valence-electron chi connectivity index (χ1n) is 7.03. The Kier molecular flexibility index (Phi) is 3.83. The number of halogens is 1. The van der Waals surface area contributed by atoms with Gasteiger partial charge in [0.15, 0.2) is 11.6 Å². The van der Waals surface area contributed by atoms with Crippen molar-refractivity contribution in [1.29, 1.82) is 0 Å².